The van der Waals surface area contributed by atoms with Crippen LogP contribution in [0.25, 0.3) is 0 Å². The van der Waals surface area contributed by atoms with Crippen LogP contribution in [0.4, 0.5) is 0 Å². The summed E-state index contributed by atoms with van der Waals surface area (Å²) in [6.45, 7) is 6.75. The second-order valence-corrected chi connectivity index (χ2v) is 12.1. The number of rotatable bonds is 29. The Kier molecular flexibility index (Phi) is 27.2. The van der Waals surface area contributed by atoms with Gasteiger partial charge in [-0.15, -0.1) is 0 Å². The van der Waals surface area contributed by atoms with Crippen LogP contribution in [0.5, 0.6) is 0 Å². The maximum absolute atomic E-state index is 13.1. The summed E-state index contributed by atoms with van der Waals surface area (Å²) in [4.78, 5) is 2.10. The second kappa shape index (κ2) is 27.1. The molecule has 0 heterocycles. The van der Waals surface area contributed by atoms with Crippen molar-refractivity contribution in [3.63, 3.8) is 0 Å². The smallest absolute Gasteiger partial charge is 0.309 e. The van der Waals surface area contributed by atoms with E-state index in [-0.39, 0.29) is 0 Å². The Morgan fingerprint density at radius 1 is 0.457 bits per heavy atom. The second-order valence-electron chi connectivity index (χ2n) is 10.5. The van der Waals surface area contributed by atoms with Crippen LogP contribution >= 0.6 is 7.82 Å². The standard InChI is InChI=1S/C29H62NO4P/c1-5-7-9-11-13-15-17-19-21-23-27-32-35(31,34-29-25-26-30(3)4)33-28-24-22-20-18-16-14-12-10-8-6-2/h5-29H2,1-4H3. The molecule has 5 nitrogen and oxygen atoms in total. The molecule has 0 aromatic rings. The summed E-state index contributed by atoms with van der Waals surface area (Å²) in [7, 11) is 0.609. The van der Waals surface area contributed by atoms with Crippen LogP contribution in [-0.2, 0) is 18.1 Å². The summed E-state index contributed by atoms with van der Waals surface area (Å²) in [6.07, 6.45) is 26.2. The molecule has 0 bridgehead atoms. The highest BCUT2D eigenvalue weighted by molar-refractivity contribution is 7.48. The van der Waals surface area contributed by atoms with Gasteiger partial charge in [0.2, 0.25) is 0 Å². The average molecular weight is 520 g/mol. The minimum atomic E-state index is -3.45. The molecule has 0 saturated heterocycles. The molecule has 0 atom stereocenters. The van der Waals surface area contributed by atoms with Crippen LogP contribution in [0.2, 0.25) is 0 Å². The molecule has 0 amide bonds. The van der Waals surface area contributed by atoms with E-state index in [4.69, 9.17) is 13.6 Å². The van der Waals surface area contributed by atoms with Crippen molar-refractivity contribution >= 4 is 7.82 Å². The SMILES string of the molecule is CCCCCCCCCCCCOP(=O)(OCCCCCCCCCCCC)OCCCN(C)C. The van der Waals surface area contributed by atoms with Gasteiger partial charge in [0.25, 0.3) is 0 Å². The molecule has 0 aliphatic heterocycles. The van der Waals surface area contributed by atoms with Gasteiger partial charge in [0.05, 0.1) is 19.8 Å². The molecule has 0 aliphatic rings. The van der Waals surface area contributed by atoms with Gasteiger partial charge < -0.3 is 4.90 Å². The van der Waals surface area contributed by atoms with E-state index in [1.54, 1.807) is 0 Å². The van der Waals surface area contributed by atoms with E-state index >= 15 is 0 Å². The molecule has 0 N–H and O–H groups in total. The molecule has 0 radical (unpaired) electrons. The first-order valence-corrected chi connectivity index (χ1v) is 16.7. The molecule has 35 heavy (non-hydrogen) atoms. The van der Waals surface area contributed by atoms with E-state index in [9.17, 15) is 4.57 Å². The fraction of sp³-hybridized carbons (Fsp3) is 1.00. The largest absolute Gasteiger partial charge is 0.474 e. The summed E-state index contributed by atoms with van der Waals surface area (Å²) >= 11 is 0. The number of phosphoric ester groups is 1. The van der Waals surface area contributed by atoms with E-state index in [1.165, 1.54) is 103 Å². The van der Waals surface area contributed by atoms with Crippen LogP contribution in [0.15, 0.2) is 0 Å². The van der Waals surface area contributed by atoms with E-state index in [0.717, 1.165) is 38.6 Å². The number of hydrogen-bond acceptors (Lipinski definition) is 5. The minimum absolute atomic E-state index is 0.408. The summed E-state index contributed by atoms with van der Waals surface area (Å²) in [5.74, 6) is 0. The Bertz CT molecular complexity index is 432. The lowest BCUT2D eigenvalue weighted by Gasteiger charge is -2.19. The molecule has 0 aromatic heterocycles. The quantitative estimate of drug-likeness (QED) is 0.0727. The summed E-state index contributed by atoms with van der Waals surface area (Å²) in [5, 5.41) is 0. The number of hydrogen-bond donors (Lipinski definition) is 0. The van der Waals surface area contributed by atoms with Crippen molar-refractivity contribution in [2.75, 3.05) is 40.5 Å². The monoisotopic (exact) mass is 519 g/mol. The summed E-state index contributed by atoms with van der Waals surface area (Å²) in [5.41, 5.74) is 0. The molecule has 0 unspecified atom stereocenters. The average Bonchev–Trinajstić information content (AvgIpc) is 2.84. The zero-order valence-electron chi connectivity index (χ0n) is 24.2. The van der Waals surface area contributed by atoms with Gasteiger partial charge in [-0.1, -0.05) is 129 Å². The highest BCUT2D eigenvalue weighted by Crippen LogP contribution is 2.49. The molecule has 0 aliphatic carbocycles. The van der Waals surface area contributed by atoms with Crippen molar-refractivity contribution in [2.24, 2.45) is 0 Å². The topological polar surface area (TPSA) is 48.0 Å². The van der Waals surface area contributed by atoms with Gasteiger partial charge >= 0.3 is 7.82 Å². The van der Waals surface area contributed by atoms with Gasteiger partial charge in [0.1, 0.15) is 0 Å². The Labute approximate surface area is 220 Å². The Morgan fingerprint density at radius 2 is 0.743 bits per heavy atom. The zero-order valence-corrected chi connectivity index (χ0v) is 25.1. The molecule has 212 valence electrons. The van der Waals surface area contributed by atoms with Crippen molar-refractivity contribution in [3.8, 4) is 0 Å². The Hall–Kier alpha value is 0.0700. The van der Waals surface area contributed by atoms with E-state index < -0.39 is 7.82 Å². The predicted molar refractivity (Wildman–Crippen MR) is 152 cm³/mol. The van der Waals surface area contributed by atoms with E-state index in [2.05, 4.69) is 18.7 Å². The normalized spacial score (nSPS) is 12.1. The lowest BCUT2D eigenvalue weighted by atomic mass is 10.1. The van der Waals surface area contributed by atoms with E-state index in [1.807, 2.05) is 14.1 Å². The van der Waals surface area contributed by atoms with Crippen molar-refractivity contribution in [3.05, 3.63) is 0 Å². The summed E-state index contributed by atoms with van der Waals surface area (Å²) in [6, 6.07) is 0. The van der Waals surface area contributed by atoms with Gasteiger partial charge in [-0.05, 0) is 39.9 Å². The molecular formula is C29H62NO4P. The minimum Gasteiger partial charge on any atom is -0.309 e. The number of nitrogens with zero attached hydrogens (tertiary/aromatic N) is 1. The lowest BCUT2D eigenvalue weighted by molar-refractivity contribution is 0.107. The summed E-state index contributed by atoms with van der Waals surface area (Å²) < 4.78 is 30.1. The van der Waals surface area contributed by atoms with Crippen LogP contribution in [0.1, 0.15) is 149 Å². The van der Waals surface area contributed by atoms with Crippen LogP contribution in [-0.4, -0.2) is 45.4 Å². The Balaban J connectivity index is 3.95. The Morgan fingerprint density at radius 3 is 1.06 bits per heavy atom. The fourth-order valence-electron chi connectivity index (χ4n) is 4.20. The van der Waals surface area contributed by atoms with Crippen molar-refractivity contribution in [1.29, 1.82) is 0 Å². The van der Waals surface area contributed by atoms with Crippen LogP contribution < -0.4 is 0 Å². The fourth-order valence-corrected chi connectivity index (χ4v) is 5.48. The first-order valence-electron chi connectivity index (χ1n) is 15.2. The molecule has 0 saturated carbocycles. The lowest BCUT2D eigenvalue weighted by Crippen LogP contribution is -2.15. The maximum Gasteiger partial charge on any atom is 0.474 e. The van der Waals surface area contributed by atoms with Crippen molar-refractivity contribution in [1.82, 2.24) is 4.90 Å². The van der Waals surface area contributed by atoms with Crippen LogP contribution in [0, 0.1) is 0 Å². The van der Waals surface area contributed by atoms with Gasteiger partial charge in [0.15, 0.2) is 0 Å². The van der Waals surface area contributed by atoms with Crippen molar-refractivity contribution in [2.45, 2.75) is 149 Å². The highest BCUT2D eigenvalue weighted by Gasteiger charge is 2.26. The van der Waals surface area contributed by atoms with Gasteiger partial charge in [-0.3, -0.25) is 13.6 Å². The highest BCUT2D eigenvalue weighted by atomic mass is 31.2. The molecule has 0 fully saturated rings. The first-order chi connectivity index (χ1) is 17.0. The molecule has 0 spiro atoms. The number of unbranched alkanes of at least 4 members (excludes halogenated alkanes) is 18. The third-order valence-electron chi connectivity index (χ3n) is 6.49. The molecule has 0 rings (SSSR count). The first kappa shape index (κ1) is 35.1. The van der Waals surface area contributed by atoms with Crippen LogP contribution in [0.3, 0.4) is 0 Å². The maximum atomic E-state index is 13.1. The van der Waals surface area contributed by atoms with Gasteiger partial charge in [0, 0.05) is 0 Å². The van der Waals surface area contributed by atoms with E-state index in [0.29, 0.717) is 19.8 Å². The number of phosphoric acid groups is 1. The molecular weight excluding hydrogens is 457 g/mol. The molecule has 6 heteroatoms. The third kappa shape index (κ3) is 26.9. The predicted octanol–water partition coefficient (Wildman–Crippen LogP) is 9.94. The van der Waals surface area contributed by atoms with Crippen molar-refractivity contribution < 1.29 is 18.1 Å². The van der Waals surface area contributed by atoms with Gasteiger partial charge in [-0.25, -0.2) is 4.57 Å². The zero-order chi connectivity index (χ0) is 25.9. The third-order valence-corrected chi connectivity index (χ3v) is 7.99. The van der Waals surface area contributed by atoms with Gasteiger partial charge in [-0.2, -0.15) is 0 Å². The molecule has 0 aromatic carbocycles.